The summed E-state index contributed by atoms with van der Waals surface area (Å²) in [7, 11) is -8.85. The molecule has 3 saturated heterocycles. The summed E-state index contributed by atoms with van der Waals surface area (Å²) in [5, 5.41) is -1.25. The lowest BCUT2D eigenvalue weighted by molar-refractivity contribution is -0.162. The predicted octanol–water partition coefficient (Wildman–Crippen LogP) is 3.20. The second-order valence-electron chi connectivity index (χ2n) is 13.5. The Kier molecular flexibility index (Phi) is 6.82. The maximum Gasteiger partial charge on any atom is 0.318 e. The zero-order chi connectivity index (χ0) is 33.2. The number of sulfonamides is 1. The van der Waals surface area contributed by atoms with E-state index in [-0.39, 0.29) is 28.7 Å². The van der Waals surface area contributed by atoms with E-state index in [1.54, 1.807) is 13.8 Å². The van der Waals surface area contributed by atoms with Crippen molar-refractivity contribution < 1.29 is 45.2 Å². The Labute approximate surface area is 272 Å². The van der Waals surface area contributed by atoms with Crippen LogP contribution >= 0.6 is 0 Å². The summed E-state index contributed by atoms with van der Waals surface area (Å²) in [6.07, 6.45) is -2.53. The predicted molar refractivity (Wildman–Crippen MR) is 165 cm³/mol. The van der Waals surface area contributed by atoms with Crippen LogP contribution in [0.25, 0.3) is 0 Å². The molecule has 3 aliphatic heterocycles. The molecule has 13 heteroatoms. The van der Waals surface area contributed by atoms with Gasteiger partial charge < -0.3 is 18.8 Å². The molecule has 3 aromatic carbocycles. The van der Waals surface area contributed by atoms with Gasteiger partial charge in [-0.2, -0.15) is 0 Å². The Balaban J connectivity index is 1.09. The molecule has 1 N–H and O–H groups in total. The highest BCUT2D eigenvalue weighted by atomic mass is 32.2. The number of benzene rings is 3. The number of hydrogen-bond acceptors (Lipinski definition) is 10. The molecule has 0 amide bonds. The lowest BCUT2D eigenvalue weighted by Crippen LogP contribution is -2.52. The van der Waals surface area contributed by atoms with Crippen molar-refractivity contribution in [2.75, 3.05) is 0 Å². The second kappa shape index (κ2) is 10.4. The SMILES string of the molecule is Cc1cc(S(=O)(=O)[O-])c(C(C)C)cc1OC(=O)C1C2OC3C(NS(=O)(=O)C31)C2OC(=O)C1CC2c3ccccc3C1c1ccccc12. The Morgan fingerprint density at radius 2 is 1.57 bits per heavy atom. The molecule has 6 aliphatic rings. The molecule has 9 rings (SSSR count). The van der Waals surface area contributed by atoms with Gasteiger partial charge in [0, 0.05) is 11.8 Å². The lowest BCUT2D eigenvalue weighted by atomic mass is 9.59. The first-order valence-electron chi connectivity index (χ1n) is 15.6. The maximum absolute atomic E-state index is 14.1. The molecule has 4 bridgehead atoms. The number of hydrogen-bond donors (Lipinski definition) is 1. The van der Waals surface area contributed by atoms with Crippen LogP contribution in [0.4, 0.5) is 0 Å². The monoisotopic (exact) mass is 678 g/mol. The highest BCUT2D eigenvalue weighted by molar-refractivity contribution is 7.90. The van der Waals surface area contributed by atoms with Gasteiger partial charge in [-0.25, -0.2) is 21.6 Å². The zero-order valence-corrected chi connectivity index (χ0v) is 27.3. The van der Waals surface area contributed by atoms with E-state index < -0.39 is 84.3 Å². The summed E-state index contributed by atoms with van der Waals surface area (Å²) in [5.41, 5.74) is 4.91. The Morgan fingerprint density at radius 1 is 0.957 bits per heavy atom. The van der Waals surface area contributed by atoms with Crippen molar-refractivity contribution in [3.63, 3.8) is 0 Å². The van der Waals surface area contributed by atoms with Gasteiger partial charge in [0.15, 0.2) is 0 Å². The van der Waals surface area contributed by atoms with Gasteiger partial charge >= 0.3 is 11.9 Å². The lowest BCUT2D eigenvalue weighted by Gasteiger charge is -2.44. The molecule has 3 aliphatic carbocycles. The van der Waals surface area contributed by atoms with Crippen molar-refractivity contribution in [2.45, 2.75) is 79.4 Å². The number of nitrogens with one attached hydrogen (secondary N) is 1. The Bertz CT molecular complexity index is 2030. The molecule has 0 spiro atoms. The highest BCUT2D eigenvalue weighted by Crippen LogP contribution is 2.56. The van der Waals surface area contributed by atoms with E-state index in [9.17, 15) is 31.0 Å². The minimum Gasteiger partial charge on any atom is -0.744 e. The van der Waals surface area contributed by atoms with Crippen LogP contribution in [-0.2, 0) is 39.2 Å². The van der Waals surface area contributed by atoms with Crippen LogP contribution in [0.5, 0.6) is 5.75 Å². The first kappa shape index (κ1) is 30.7. The average Bonchev–Trinajstić information content (AvgIpc) is 3.64. The molecular formula is C34H32NO10S2-. The summed E-state index contributed by atoms with van der Waals surface area (Å²) in [6, 6.07) is 17.8. The zero-order valence-electron chi connectivity index (χ0n) is 25.7. The van der Waals surface area contributed by atoms with E-state index in [0.29, 0.717) is 6.42 Å². The number of esters is 2. The molecule has 7 atom stereocenters. The molecule has 0 aromatic heterocycles. The standard InChI is InChI=1S/C34H33NO10S2/c1-15(2)21-14-24(16(3)12-25(21)47(40,41)42)43-34(37)27-29-30(28-31(44-29)32(27)46(38,39)35-28)45-33(36)23-13-22-17-8-4-6-10-19(17)26(23)20-11-7-5-9-18(20)22/h4-12,14-15,22-23,26-32,35H,13H2,1-3H3,(H,40,41,42)/p-1. The van der Waals surface area contributed by atoms with E-state index in [2.05, 4.69) is 16.9 Å². The van der Waals surface area contributed by atoms with Gasteiger partial charge in [-0.1, -0.05) is 62.4 Å². The molecule has 3 fully saturated rings. The second-order valence-corrected chi connectivity index (χ2v) is 16.7. The molecule has 3 aromatic rings. The molecular weight excluding hydrogens is 647 g/mol. The third kappa shape index (κ3) is 4.54. The number of fused-ring (bicyclic) bond motifs is 2. The fraction of sp³-hybridized carbons (Fsp3) is 0.412. The first-order chi connectivity index (χ1) is 22.3. The summed E-state index contributed by atoms with van der Waals surface area (Å²) in [5.74, 6) is -3.84. The average molecular weight is 679 g/mol. The smallest absolute Gasteiger partial charge is 0.318 e. The molecule has 246 valence electrons. The molecule has 47 heavy (non-hydrogen) atoms. The van der Waals surface area contributed by atoms with E-state index in [4.69, 9.17) is 14.2 Å². The van der Waals surface area contributed by atoms with Gasteiger partial charge in [0.2, 0.25) is 10.0 Å². The van der Waals surface area contributed by atoms with E-state index in [0.717, 1.165) is 17.2 Å². The number of carbonyl (C=O) groups excluding carboxylic acids is 2. The Hall–Kier alpha value is -3.62. The summed E-state index contributed by atoms with van der Waals surface area (Å²) >= 11 is 0. The van der Waals surface area contributed by atoms with Gasteiger partial charge in [-0.3, -0.25) is 9.59 Å². The van der Waals surface area contributed by atoms with Gasteiger partial charge in [0.05, 0.1) is 23.0 Å². The van der Waals surface area contributed by atoms with Crippen LogP contribution in [0.15, 0.2) is 65.6 Å². The van der Waals surface area contributed by atoms with Crippen LogP contribution < -0.4 is 9.46 Å². The molecule has 0 saturated carbocycles. The van der Waals surface area contributed by atoms with Crippen LogP contribution in [0.2, 0.25) is 0 Å². The van der Waals surface area contributed by atoms with Crippen LogP contribution in [0.3, 0.4) is 0 Å². The minimum absolute atomic E-state index is 0.00196. The summed E-state index contributed by atoms with van der Waals surface area (Å²) < 4.78 is 82.8. The van der Waals surface area contributed by atoms with E-state index in [1.165, 1.54) is 24.1 Å². The number of aryl methyl sites for hydroxylation is 1. The van der Waals surface area contributed by atoms with E-state index >= 15 is 0 Å². The van der Waals surface area contributed by atoms with Crippen molar-refractivity contribution in [1.82, 2.24) is 4.72 Å². The third-order valence-electron chi connectivity index (χ3n) is 10.6. The number of ether oxygens (including phenoxy) is 3. The third-order valence-corrected chi connectivity index (χ3v) is 13.3. The van der Waals surface area contributed by atoms with Gasteiger partial charge in [0.1, 0.15) is 39.2 Å². The van der Waals surface area contributed by atoms with Crippen molar-refractivity contribution >= 4 is 32.1 Å². The molecule has 11 nitrogen and oxygen atoms in total. The quantitative estimate of drug-likeness (QED) is 0.233. The fourth-order valence-corrected chi connectivity index (χ4v) is 11.5. The van der Waals surface area contributed by atoms with Crippen molar-refractivity contribution in [3.8, 4) is 5.75 Å². The number of carbonyl (C=O) groups is 2. The fourth-order valence-electron chi connectivity index (χ4n) is 8.60. The van der Waals surface area contributed by atoms with Crippen LogP contribution in [-0.4, -0.2) is 62.9 Å². The summed E-state index contributed by atoms with van der Waals surface area (Å²) in [6.45, 7) is 4.88. The topological polar surface area (TPSA) is 165 Å². The van der Waals surface area contributed by atoms with Crippen molar-refractivity contribution in [2.24, 2.45) is 11.8 Å². The van der Waals surface area contributed by atoms with Crippen LogP contribution in [0, 0.1) is 18.8 Å². The van der Waals surface area contributed by atoms with Gasteiger partial charge in [0.25, 0.3) is 0 Å². The number of rotatable bonds is 6. The largest absolute Gasteiger partial charge is 0.744 e. The highest BCUT2D eigenvalue weighted by Gasteiger charge is 2.72. The minimum atomic E-state index is -4.80. The van der Waals surface area contributed by atoms with Crippen molar-refractivity contribution in [1.29, 1.82) is 0 Å². The van der Waals surface area contributed by atoms with Crippen LogP contribution in [0.1, 0.15) is 71.4 Å². The molecule has 3 heterocycles. The normalized spacial score (nSPS) is 32.2. The Morgan fingerprint density at radius 3 is 2.17 bits per heavy atom. The molecule has 7 unspecified atom stereocenters. The molecule has 0 radical (unpaired) electrons. The van der Waals surface area contributed by atoms with E-state index in [1.807, 2.05) is 36.4 Å². The van der Waals surface area contributed by atoms with Gasteiger partial charge in [-0.05, 0) is 64.8 Å². The summed E-state index contributed by atoms with van der Waals surface area (Å²) in [4.78, 5) is 27.4. The maximum atomic E-state index is 14.1. The first-order valence-corrected chi connectivity index (χ1v) is 18.6. The van der Waals surface area contributed by atoms with Crippen molar-refractivity contribution in [3.05, 3.63) is 94.0 Å². The van der Waals surface area contributed by atoms with Gasteiger partial charge in [-0.15, -0.1) is 0 Å².